The molecule has 1 aliphatic heterocycles. The third-order valence-corrected chi connectivity index (χ3v) is 7.44. The highest BCUT2D eigenvalue weighted by atomic mass is 19.2. The summed E-state index contributed by atoms with van der Waals surface area (Å²) in [5.74, 6) is -2.45. The minimum absolute atomic E-state index is 0.0316. The van der Waals surface area contributed by atoms with Crippen LogP contribution in [0.3, 0.4) is 0 Å². The number of hydrogen-bond acceptors (Lipinski definition) is 5. The first-order valence-corrected chi connectivity index (χ1v) is 10.9. The molecule has 0 aromatic heterocycles. The average Bonchev–Trinajstić information content (AvgIpc) is 2.97. The molecule has 0 radical (unpaired) electrons. The highest BCUT2D eigenvalue weighted by molar-refractivity contribution is 6.45. The zero-order chi connectivity index (χ0) is 22.9. The van der Waals surface area contributed by atoms with Crippen LogP contribution in [0.1, 0.15) is 70.3 Å². The highest BCUT2D eigenvalue weighted by Gasteiger charge is 2.67. The summed E-state index contributed by atoms with van der Waals surface area (Å²) >= 11 is 0. The van der Waals surface area contributed by atoms with Gasteiger partial charge in [0.15, 0.2) is 11.6 Å². The number of benzene rings is 1. The summed E-state index contributed by atoms with van der Waals surface area (Å²) in [5.41, 5.74) is -1.31. The van der Waals surface area contributed by atoms with Gasteiger partial charge in [0.2, 0.25) is 0 Å². The summed E-state index contributed by atoms with van der Waals surface area (Å²) in [7, 11) is 0.689. The van der Waals surface area contributed by atoms with E-state index >= 15 is 0 Å². The summed E-state index contributed by atoms with van der Waals surface area (Å²) in [6, 6.07) is 1.04. The van der Waals surface area contributed by atoms with Gasteiger partial charge in [0, 0.05) is 6.32 Å². The molecule has 2 bridgehead atoms. The third-order valence-electron chi connectivity index (χ3n) is 7.44. The van der Waals surface area contributed by atoms with Crippen molar-refractivity contribution in [3.63, 3.8) is 0 Å². The van der Waals surface area contributed by atoms with Crippen LogP contribution in [0.25, 0.3) is 0 Å². The first-order valence-electron chi connectivity index (χ1n) is 10.9. The Balaban J connectivity index is 1.62. The van der Waals surface area contributed by atoms with E-state index in [1.54, 1.807) is 20.8 Å². The Kier molecular flexibility index (Phi) is 5.21. The molecule has 5 rings (SSSR count). The minimum Gasteiger partial charge on any atom is -0.495 e. The normalized spacial score (nSPS) is 31.1. The SMILES string of the molecule is COc1c(CB2OC3CC4CC(C4(C)C)C3(C)O2)cc(F)c(F)c1C(=O)OC(C)(C)C. The zero-order valence-corrected chi connectivity index (χ0v) is 19.3. The Hall–Kier alpha value is -1.67. The Morgan fingerprint density at radius 3 is 2.52 bits per heavy atom. The lowest BCUT2D eigenvalue weighted by Crippen LogP contribution is -2.65. The van der Waals surface area contributed by atoms with E-state index in [0.29, 0.717) is 17.4 Å². The van der Waals surface area contributed by atoms with Crippen LogP contribution in [0.5, 0.6) is 5.75 Å². The molecule has 3 saturated carbocycles. The maximum atomic E-state index is 14.6. The number of rotatable bonds is 4. The van der Waals surface area contributed by atoms with Gasteiger partial charge in [-0.15, -0.1) is 0 Å². The number of carbonyl (C=O) groups excluding carboxylic acids is 1. The summed E-state index contributed by atoms with van der Waals surface area (Å²) in [5, 5.41) is 0. The Labute approximate surface area is 182 Å². The molecule has 1 aromatic rings. The number of halogens is 2. The van der Waals surface area contributed by atoms with Crippen molar-refractivity contribution in [1.82, 2.24) is 0 Å². The van der Waals surface area contributed by atoms with Crippen LogP contribution in [0, 0.1) is 28.9 Å². The van der Waals surface area contributed by atoms with Crippen molar-refractivity contribution in [2.24, 2.45) is 17.3 Å². The number of ether oxygens (including phenoxy) is 2. The number of esters is 1. The summed E-state index contributed by atoms with van der Waals surface area (Å²) in [6.07, 6.45) is 2.15. The smallest absolute Gasteiger partial charge is 0.462 e. The molecule has 1 saturated heterocycles. The van der Waals surface area contributed by atoms with E-state index in [9.17, 15) is 13.6 Å². The van der Waals surface area contributed by atoms with Crippen LogP contribution in [0.2, 0.25) is 0 Å². The van der Waals surface area contributed by atoms with Crippen molar-refractivity contribution in [3.05, 3.63) is 28.8 Å². The standard InChI is InChI=1S/C23H31BF2O5/c1-21(2,3)29-20(27)17-18(26)14(25)8-12(19(17)28-7)11-24-30-16-10-13-9-15(22(13,4)5)23(16,6)31-24/h8,13,15-16H,9-11H2,1-7H3. The number of methoxy groups -OCH3 is 1. The van der Waals surface area contributed by atoms with Gasteiger partial charge in [-0.2, -0.15) is 0 Å². The molecule has 170 valence electrons. The molecule has 4 fully saturated rings. The molecule has 5 nitrogen and oxygen atoms in total. The van der Waals surface area contributed by atoms with E-state index in [4.69, 9.17) is 18.8 Å². The summed E-state index contributed by atoms with van der Waals surface area (Å²) in [6.45, 7) is 11.6. The second kappa shape index (κ2) is 7.17. The topological polar surface area (TPSA) is 54.0 Å². The molecule has 0 amide bonds. The molecular weight excluding hydrogens is 405 g/mol. The van der Waals surface area contributed by atoms with E-state index in [-0.39, 0.29) is 23.6 Å². The van der Waals surface area contributed by atoms with Crippen LogP contribution in [0.15, 0.2) is 6.07 Å². The maximum Gasteiger partial charge on any atom is 0.462 e. The van der Waals surface area contributed by atoms with Gasteiger partial charge in [0.05, 0.1) is 18.8 Å². The van der Waals surface area contributed by atoms with E-state index in [0.717, 1.165) is 18.9 Å². The van der Waals surface area contributed by atoms with Gasteiger partial charge >= 0.3 is 13.1 Å². The predicted octanol–water partition coefficient (Wildman–Crippen LogP) is 4.74. The lowest BCUT2D eigenvalue weighted by atomic mass is 9.43. The Morgan fingerprint density at radius 1 is 1.26 bits per heavy atom. The second-order valence-electron chi connectivity index (χ2n) is 10.8. The van der Waals surface area contributed by atoms with Gasteiger partial charge in [-0.25, -0.2) is 13.6 Å². The highest BCUT2D eigenvalue weighted by Crippen LogP contribution is 2.65. The molecule has 4 unspecified atom stereocenters. The van der Waals surface area contributed by atoms with Crippen LogP contribution in [0.4, 0.5) is 8.78 Å². The monoisotopic (exact) mass is 436 g/mol. The molecule has 31 heavy (non-hydrogen) atoms. The van der Waals surface area contributed by atoms with Crippen molar-refractivity contribution in [3.8, 4) is 5.75 Å². The lowest BCUT2D eigenvalue weighted by Gasteiger charge is -2.64. The van der Waals surface area contributed by atoms with E-state index in [1.807, 2.05) is 0 Å². The molecule has 0 spiro atoms. The molecule has 1 aromatic carbocycles. The van der Waals surface area contributed by atoms with E-state index < -0.39 is 41.5 Å². The van der Waals surface area contributed by atoms with Crippen LogP contribution < -0.4 is 4.74 Å². The minimum atomic E-state index is -1.29. The van der Waals surface area contributed by atoms with Gasteiger partial charge in [-0.3, -0.25) is 0 Å². The van der Waals surface area contributed by atoms with Crippen molar-refractivity contribution in [1.29, 1.82) is 0 Å². The number of carbonyl (C=O) groups is 1. The first kappa shape index (κ1) is 22.5. The largest absolute Gasteiger partial charge is 0.495 e. The molecule has 3 aliphatic carbocycles. The average molecular weight is 436 g/mol. The Bertz CT molecular complexity index is 912. The fourth-order valence-electron chi connectivity index (χ4n) is 5.78. The summed E-state index contributed by atoms with van der Waals surface area (Å²) in [4.78, 5) is 12.6. The molecule has 1 heterocycles. The Morgan fingerprint density at radius 2 is 1.94 bits per heavy atom. The van der Waals surface area contributed by atoms with E-state index in [1.165, 1.54) is 7.11 Å². The fraction of sp³-hybridized carbons (Fsp3) is 0.696. The van der Waals surface area contributed by atoms with Crippen molar-refractivity contribution < 1.29 is 32.4 Å². The predicted molar refractivity (Wildman–Crippen MR) is 112 cm³/mol. The van der Waals surface area contributed by atoms with Gasteiger partial charge in [-0.1, -0.05) is 13.8 Å². The number of hydrogen-bond donors (Lipinski definition) is 0. The zero-order valence-electron chi connectivity index (χ0n) is 19.3. The van der Waals surface area contributed by atoms with Gasteiger partial charge < -0.3 is 18.8 Å². The summed E-state index contributed by atoms with van der Waals surface area (Å²) < 4.78 is 52.2. The quantitative estimate of drug-likeness (QED) is 0.504. The molecule has 0 N–H and O–H groups in total. The molecule has 4 aliphatic rings. The first-order chi connectivity index (χ1) is 14.3. The van der Waals surface area contributed by atoms with Crippen molar-refractivity contribution >= 4 is 13.1 Å². The fourth-order valence-corrected chi connectivity index (χ4v) is 5.78. The van der Waals surface area contributed by atoms with Crippen LogP contribution in [-0.2, 0) is 20.4 Å². The van der Waals surface area contributed by atoms with Gasteiger partial charge in [-0.05, 0) is 69.4 Å². The lowest BCUT2D eigenvalue weighted by molar-refractivity contribution is -0.199. The second-order valence-corrected chi connectivity index (χ2v) is 10.8. The van der Waals surface area contributed by atoms with Crippen molar-refractivity contribution in [2.75, 3.05) is 7.11 Å². The van der Waals surface area contributed by atoms with Crippen molar-refractivity contribution in [2.45, 2.75) is 78.0 Å². The maximum absolute atomic E-state index is 14.6. The molecular formula is C23H31BF2O5. The molecule has 4 atom stereocenters. The molecule has 8 heteroatoms. The third kappa shape index (κ3) is 3.56. The van der Waals surface area contributed by atoms with Gasteiger partial charge in [0.1, 0.15) is 16.9 Å². The van der Waals surface area contributed by atoms with Crippen LogP contribution in [-0.4, -0.2) is 37.5 Å². The van der Waals surface area contributed by atoms with E-state index in [2.05, 4.69) is 20.8 Å². The van der Waals surface area contributed by atoms with Crippen LogP contribution >= 0.6 is 0 Å². The van der Waals surface area contributed by atoms with Gasteiger partial charge in [0.25, 0.3) is 0 Å².